The van der Waals surface area contributed by atoms with Gasteiger partial charge in [-0.05, 0) is 36.4 Å². The normalized spacial score (nSPS) is 12.6. The summed E-state index contributed by atoms with van der Waals surface area (Å²) in [5.41, 5.74) is 5.00. The number of hydrogen-bond acceptors (Lipinski definition) is 5. The van der Waals surface area contributed by atoms with E-state index in [1.54, 1.807) is 48.5 Å². The highest BCUT2D eigenvalue weighted by Gasteiger charge is 2.34. The number of H-pyrrole nitrogens is 1. The summed E-state index contributed by atoms with van der Waals surface area (Å²) in [5, 5.41) is 12.8. The molecule has 0 aliphatic heterocycles. The zero-order chi connectivity index (χ0) is 26.1. The number of hydrogen-bond donors (Lipinski definition) is 3. The summed E-state index contributed by atoms with van der Waals surface area (Å²) in [6, 6.07) is 17.1. The van der Waals surface area contributed by atoms with Crippen LogP contribution in [0.5, 0.6) is 0 Å². The predicted molar refractivity (Wildman–Crippen MR) is 121 cm³/mol. The zero-order valence-corrected chi connectivity index (χ0v) is 18.1. The molecular formula is C24H16F6N6. The summed E-state index contributed by atoms with van der Waals surface area (Å²) in [6.45, 7) is 0. The molecule has 0 amide bonds. The zero-order valence-electron chi connectivity index (χ0n) is 18.1. The molecule has 3 heterocycles. The molecule has 0 saturated heterocycles. The third-order valence-corrected chi connectivity index (χ3v) is 5.02. The Bertz CT molecular complexity index is 1450. The van der Waals surface area contributed by atoms with Gasteiger partial charge in [0.15, 0.2) is 5.69 Å². The van der Waals surface area contributed by atoms with Crippen molar-refractivity contribution in [3.8, 4) is 33.9 Å². The van der Waals surface area contributed by atoms with E-state index >= 15 is 0 Å². The van der Waals surface area contributed by atoms with E-state index in [1.807, 2.05) is 0 Å². The monoisotopic (exact) mass is 502 g/mol. The Morgan fingerprint density at radius 2 is 1.39 bits per heavy atom. The molecule has 0 aliphatic rings. The van der Waals surface area contributed by atoms with Gasteiger partial charge in [-0.25, -0.2) is 9.97 Å². The van der Waals surface area contributed by atoms with Crippen molar-refractivity contribution in [1.82, 2.24) is 20.2 Å². The molecule has 184 valence electrons. The number of pyridine rings is 2. The molecule has 0 spiro atoms. The second kappa shape index (κ2) is 9.29. The van der Waals surface area contributed by atoms with Crippen molar-refractivity contribution in [2.24, 2.45) is 5.73 Å². The molecular weight excluding hydrogens is 486 g/mol. The van der Waals surface area contributed by atoms with Crippen LogP contribution in [-0.2, 0) is 6.18 Å². The number of nitrogens with zero attached hydrogens (tertiary/aromatic N) is 3. The van der Waals surface area contributed by atoms with Gasteiger partial charge in [-0.15, -0.1) is 0 Å². The van der Waals surface area contributed by atoms with Crippen LogP contribution in [0.3, 0.4) is 0 Å². The third kappa shape index (κ3) is 5.27. The van der Waals surface area contributed by atoms with E-state index in [-0.39, 0.29) is 22.8 Å². The van der Waals surface area contributed by atoms with E-state index in [4.69, 9.17) is 11.1 Å². The largest absolute Gasteiger partial charge is 0.435 e. The maximum atomic E-state index is 12.9. The number of aromatic amines is 1. The average molecular weight is 502 g/mol. The summed E-state index contributed by atoms with van der Waals surface area (Å²) in [7, 11) is 0. The van der Waals surface area contributed by atoms with Crippen molar-refractivity contribution in [2.45, 2.75) is 12.4 Å². The Kier molecular flexibility index (Phi) is 6.35. The summed E-state index contributed by atoms with van der Waals surface area (Å²) < 4.78 is 76.9. The Hall–Kier alpha value is -4.48. The number of nitrogens with two attached hydrogens (primary N) is 1. The SMILES string of the molecule is N=C(/C=C(\N)c1cccc(-c2ccccc2-c2cccc(-c3cc(C(F)(F)F)n[nH]3)n2)n1)C(F)(F)F. The fourth-order valence-electron chi connectivity index (χ4n) is 3.32. The highest BCUT2D eigenvalue weighted by atomic mass is 19.4. The minimum atomic E-state index is -4.85. The van der Waals surface area contributed by atoms with Gasteiger partial charge in [0.25, 0.3) is 0 Å². The van der Waals surface area contributed by atoms with Crippen molar-refractivity contribution in [2.75, 3.05) is 0 Å². The number of rotatable bonds is 5. The molecule has 6 nitrogen and oxygen atoms in total. The molecule has 36 heavy (non-hydrogen) atoms. The number of allylic oxidation sites excluding steroid dienone is 1. The van der Waals surface area contributed by atoms with Crippen molar-refractivity contribution in [3.05, 3.63) is 84.2 Å². The lowest BCUT2D eigenvalue weighted by Gasteiger charge is -2.11. The minimum absolute atomic E-state index is 0.0372. The molecule has 1 aromatic carbocycles. The molecule has 0 saturated carbocycles. The highest BCUT2D eigenvalue weighted by Crippen LogP contribution is 2.33. The molecule has 0 radical (unpaired) electrons. The van der Waals surface area contributed by atoms with Crippen LogP contribution in [-0.4, -0.2) is 32.1 Å². The molecule has 0 atom stereocenters. The van der Waals surface area contributed by atoms with Crippen molar-refractivity contribution in [1.29, 1.82) is 5.41 Å². The van der Waals surface area contributed by atoms with Gasteiger partial charge in [0.05, 0.1) is 34.2 Å². The molecule has 4 aromatic rings. The Morgan fingerprint density at radius 3 is 1.97 bits per heavy atom. The number of nitrogens with one attached hydrogen (secondary N) is 2. The van der Waals surface area contributed by atoms with Crippen LogP contribution in [0.4, 0.5) is 26.3 Å². The lowest BCUT2D eigenvalue weighted by atomic mass is 10.00. The topological polar surface area (TPSA) is 104 Å². The Balaban J connectivity index is 1.73. The third-order valence-electron chi connectivity index (χ3n) is 5.02. The van der Waals surface area contributed by atoms with Crippen molar-refractivity contribution in [3.63, 3.8) is 0 Å². The maximum Gasteiger partial charge on any atom is 0.435 e. The van der Waals surface area contributed by atoms with Gasteiger partial charge in [-0.3, -0.25) is 10.5 Å². The highest BCUT2D eigenvalue weighted by molar-refractivity contribution is 6.01. The summed E-state index contributed by atoms with van der Waals surface area (Å²) in [6.07, 6.45) is -8.96. The van der Waals surface area contributed by atoms with Crippen LogP contribution < -0.4 is 5.73 Å². The van der Waals surface area contributed by atoms with Gasteiger partial charge in [-0.2, -0.15) is 31.4 Å². The van der Waals surface area contributed by atoms with E-state index in [0.29, 0.717) is 28.6 Å². The van der Waals surface area contributed by atoms with Crippen molar-refractivity contribution < 1.29 is 26.3 Å². The first-order valence-corrected chi connectivity index (χ1v) is 10.2. The van der Waals surface area contributed by atoms with Crippen LogP contribution in [0.2, 0.25) is 0 Å². The number of benzene rings is 1. The lowest BCUT2D eigenvalue weighted by molar-refractivity contribution is -0.141. The first-order valence-electron chi connectivity index (χ1n) is 10.2. The Labute approximate surface area is 200 Å². The van der Waals surface area contributed by atoms with Crippen LogP contribution in [0.15, 0.2) is 72.8 Å². The minimum Gasteiger partial charge on any atom is -0.397 e. The summed E-state index contributed by atoms with van der Waals surface area (Å²) >= 11 is 0. The van der Waals surface area contributed by atoms with Gasteiger partial charge in [0.1, 0.15) is 5.71 Å². The van der Waals surface area contributed by atoms with E-state index in [9.17, 15) is 26.3 Å². The molecule has 4 N–H and O–H groups in total. The maximum absolute atomic E-state index is 12.9. The lowest BCUT2D eigenvalue weighted by Crippen LogP contribution is -2.20. The molecule has 0 fully saturated rings. The number of halogens is 6. The number of aromatic nitrogens is 4. The average Bonchev–Trinajstić information content (AvgIpc) is 3.35. The number of alkyl halides is 6. The Morgan fingerprint density at radius 1 is 0.806 bits per heavy atom. The molecule has 0 aliphatic carbocycles. The van der Waals surface area contributed by atoms with Gasteiger partial charge in [0.2, 0.25) is 0 Å². The molecule has 3 aromatic heterocycles. The van der Waals surface area contributed by atoms with Gasteiger partial charge >= 0.3 is 12.4 Å². The second-order valence-corrected chi connectivity index (χ2v) is 7.54. The summed E-state index contributed by atoms with van der Waals surface area (Å²) in [4.78, 5) is 8.81. The summed E-state index contributed by atoms with van der Waals surface area (Å²) in [5.74, 6) is 0. The van der Waals surface area contributed by atoms with Gasteiger partial charge < -0.3 is 5.73 Å². The standard InChI is InChI=1S/C24H16F6N6/c25-23(26,27)21(32)11-15(31)18-9-3-7-16(33-18)13-5-1-2-6-14(13)17-8-4-10-19(34-17)20-12-22(36-35-20)24(28,29)30/h1-12,32H,31H2,(H,35,36)/b15-11-,32-21?. The molecule has 4 rings (SSSR count). The van der Waals surface area contributed by atoms with Crippen LogP contribution in [0.25, 0.3) is 39.6 Å². The smallest absolute Gasteiger partial charge is 0.397 e. The van der Waals surface area contributed by atoms with Crippen LogP contribution in [0.1, 0.15) is 11.4 Å². The van der Waals surface area contributed by atoms with Crippen molar-refractivity contribution >= 4 is 11.4 Å². The van der Waals surface area contributed by atoms with Crippen LogP contribution in [0, 0.1) is 5.41 Å². The molecule has 12 heteroatoms. The van der Waals surface area contributed by atoms with Crippen LogP contribution >= 0.6 is 0 Å². The quantitative estimate of drug-likeness (QED) is 0.227. The second-order valence-electron chi connectivity index (χ2n) is 7.54. The van der Waals surface area contributed by atoms with E-state index in [0.717, 1.165) is 6.07 Å². The van der Waals surface area contributed by atoms with E-state index in [1.165, 1.54) is 12.1 Å². The molecule has 0 bridgehead atoms. The first-order chi connectivity index (χ1) is 16.9. The van der Waals surface area contributed by atoms with E-state index < -0.39 is 23.8 Å². The first kappa shape index (κ1) is 24.6. The van der Waals surface area contributed by atoms with E-state index in [2.05, 4.69) is 20.2 Å². The fraction of sp³-hybridized carbons (Fsp3) is 0.0833. The van der Waals surface area contributed by atoms with Gasteiger partial charge in [-0.1, -0.05) is 36.4 Å². The molecule has 0 unspecified atom stereocenters. The predicted octanol–water partition coefficient (Wildman–Crippen LogP) is 6.10. The fourth-order valence-corrected chi connectivity index (χ4v) is 3.32. The van der Waals surface area contributed by atoms with Gasteiger partial charge in [0, 0.05) is 11.1 Å².